The Morgan fingerprint density at radius 2 is 2.31 bits per heavy atom. The second-order valence-electron chi connectivity index (χ2n) is 2.84. The molecule has 0 aromatic carbocycles. The highest BCUT2D eigenvalue weighted by atomic mass is 32.1. The zero-order valence-electron chi connectivity index (χ0n) is 7.96. The lowest BCUT2D eigenvalue weighted by molar-refractivity contribution is 0.0987. The Morgan fingerprint density at radius 1 is 1.62 bits per heavy atom. The summed E-state index contributed by atoms with van der Waals surface area (Å²) in [6.45, 7) is 4.39. The number of hydrogen-bond acceptors (Lipinski definition) is 4. The van der Waals surface area contributed by atoms with Crippen molar-refractivity contribution in [2.24, 2.45) is 5.73 Å². The molecule has 0 fully saturated rings. The summed E-state index contributed by atoms with van der Waals surface area (Å²) >= 11 is 1.48. The van der Waals surface area contributed by atoms with Gasteiger partial charge in [-0.05, 0) is 19.9 Å². The molecule has 1 rings (SSSR count). The molecule has 72 valence electrons. The predicted octanol–water partition coefficient (Wildman–Crippen LogP) is 1.55. The van der Waals surface area contributed by atoms with E-state index in [0.717, 1.165) is 17.0 Å². The van der Waals surface area contributed by atoms with Crippen molar-refractivity contribution in [1.82, 2.24) is 4.98 Å². The zero-order valence-corrected chi connectivity index (χ0v) is 8.78. The van der Waals surface area contributed by atoms with Gasteiger partial charge in [0, 0.05) is 11.3 Å². The van der Waals surface area contributed by atoms with Crippen LogP contribution in [0.1, 0.15) is 33.7 Å². The summed E-state index contributed by atoms with van der Waals surface area (Å²) in [5.41, 5.74) is 6.39. The van der Waals surface area contributed by atoms with Crippen LogP contribution in [-0.4, -0.2) is 17.3 Å². The second-order valence-corrected chi connectivity index (χ2v) is 3.93. The topological polar surface area (TPSA) is 56.0 Å². The number of nitrogens with two attached hydrogens (primary N) is 1. The lowest BCUT2D eigenvalue weighted by Crippen LogP contribution is -2.01. The van der Waals surface area contributed by atoms with Gasteiger partial charge < -0.3 is 5.73 Å². The molecule has 0 aliphatic carbocycles. The first-order chi connectivity index (χ1) is 6.19. The van der Waals surface area contributed by atoms with Crippen molar-refractivity contribution in [2.45, 2.75) is 26.7 Å². The van der Waals surface area contributed by atoms with Gasteiger partial charge >= 0.3 is 0 Å². The molecule has 0 amide bonds. The number of hydrogen-bond donors (Lipinski definition) is 1. The van der Waals surface area contributed by atoms with E-state index < -0.39 is 0 Å². The van der Waals surface area contributed by atoms with Crippen molar-refractivity contribution < 1.29 is 4.79 Å². The highest BCUT2D eigenvalue weighted by Gasteiger charge is 2.11. The number of Topliss-reactive ketones (excluding diaryl/α,β-unsaturated/α-hetero) is 1. The summed E-state index contributed by atoms with van der Waals surface area (Å²) in [6, 6.07) is 0. The molecule has 1 heterocycles. The molecule has 0 radical (unpaired) electrons. The molecule has 3 nitrogen and oxygen atoms in total. The standard InChI is InChI=1S/C9H14N2OS/c1-3-7(12)9-11-6(2)8(13-9)4-5-10/h3-5,10H2,1-2H3. The molecule has 0 spiro atoms. The number of aryl methyl sites for hydroxylation is 1. The fourth-order valence-corrected chi connectivity index (χ4v) is 2.15. The molecule has 13 heavy (non-hydrogen) atoms. The van der Waals surface area contributed by atoms with Crippen LogP contribution >= 0.6 is 11.3 Å². The number of nitrogens with zero attached hydrogens (tertiary/aromatic N) is 1. The molecule has 0 aliphatic heterocycles. The molecular weight excluding hydrogens is 184 g/mol. The van der Waals surface area contributed by atoms with Gasteiger partial charge in [-0.25, -0.2) is 4.98 Å². The highest BCUT2D eigenvalue weighted by Crippen LogP contribution is 2.19. The monoisotopic (exact) mass is 198 g/mol. The summed E-state index contributed by atoms with van der Waals surface area (Å²) in [5.74, 6) is 0.122. The predicted molar refractivity (Wildman–Crippen MR) is 54.2 cm³/mol. The minimum Gasteiger partial charge on any atom is -0.330 e. The van der Waals surface area contributed by atoms with Gasteiger partial charge in [0.15, 0.2) is 10.8 Å². The Labute approximate surface area is 82.0 Å². The number of rotatable bonds is 4. The largest absolute Gasteiger partial charge is 0.330 e. The number of aromatic nitrogens is 1. The minimum atomic E-state index is 0.122. The van der Waals surface area contributed by atoms with Gasteiger partial charge in [-0.2, -0.15) is 0 Å². The van der Waals surface area contributed by atoms with Gasteiger partial charge in [-0.1, -0.05) is 6.92 Å². The third kappa shape index (κ3) is 2.35. The number of ketones is 1. The average molecular weight is 198 g/mol. The molecule has 4 heteroatoms. The summed E-state index contributed by atoms with van der Waals surface area (Å²) in [5, 5.41) is 0.628. The van der Waals surface area contributed by atoms with E-state index in [1.165, 1.54) is 11.3 Å². The first-order valence-electron chi connectivity index (χ1n) is 4.38. The van der Waals surface area contributed by atoms with Crippen LogP contribution in [0.2, 0.25) is 0 Å². The molecule has 1 aromatic rings. The Morgan fingerprint density at radius 3 is 2.85 bits per heavy atom. The van der Waals surface area contributed by atoms with Gasteiger partial charge in [0.2, 0.25) is 0 Å². The first kappa shape index (κ1) is 10.3. The van der Waals surface area contributed by atoms with Gasteiger partial charge in [-0.15, -0.1) is 11.3 Å². The fourth-order valence-electron chi connectivity index (χ4n) is 1.06. The summed E-state index contributed by atoms with van der Waals surface area (Å²) < 4.78 is 0. The SMILES string of the molecule is CCC(=O)c1nc(C)c(CCN)s1. The lowest BCUT2D eigenvalue weighted by atomic mass is 10.3. The molecule has 0 aliphatic rings. The lowest BCUT2D eigenvalue weighted by Gasteiger charge is -1.90. The summed E-state index contributed by atoms with van der Waals surface area (Å²) in [6.07, 6.45) is 1.34. The van der Waals surface area contributed by atoms with Crippen molar-refractivity contribution >= 4 is 17.1 Å². The molecule has 2 N–H and O–H groups in total. The van der Waals surface area contributed by atoms with Crippen LogP contribution in [-0.2, 0) is 6.42 Å². The molecule has 1 aromatic heterocycles. The van der Waals surface area contributed by atoms with Crippen molar-refractivity contribution in [1.29, 1.82) is 0 Å². The van der Waals surface area contributed by atoms with E-state index >= 15 is 0 Å². The maximum atomic E-state index is 11.3. The van der Waals surface area contributed by atoms with Crippen LogP contribution in [0.25, 0.3) is 0 Å². The van der Waals surface area contributed by atoms with Gasteiger partial charge in [0.1, 0.15) is 0 Å². The highest BCUT2D eigenvalue weighted by molar-refractivity contribution is 7.13. The Kier molecular flexibility index (Phi) is 3.57. The molecular formula is C9H14N2OS. The van der Waals surface area contributed by atoms with E-state index in [1.807, 2.05) is 13.8 Å². The van der Waals surface area contributed by atoms with E-state index in [0.29, 0.717) is 18.0 Å². The van der Waals surface area contributed by atoms with Gasteiger partial charge in [-0.3, -0.25) is 4.79 Å². The molecule has 0 atom stereocenters. The van der Waals surface area contributed by atoms with Gasteiger partial charge in [0.05, 0.1) is 5.69 Å². The Bertz CT molecular complexity index is 307. The Hall–Kier alpha value is -0.740. The van der Waals surface area contributed by atoms with Crippen LogP contribution < -0.4 is 5.73 Å². The smallest absolute Gasteiger partial charge is 0.191 e. The van der Waals surface area contributed by atoms with Crippen LogP contribution in [0.3, 0.4) is 0 Å². The summed E-state index contributed by atoms with van der Waals surface area (Å²) in [7, 11) is 0. The molecule has 0 unspecified atom stereocenters. The van der Waals surface area contributed by atoms with Gasteiger partial charge in [0.25, 0.3) is 0 Å². The third-order valence-corrected chi connectivity index (χ3v) is 3.08. The van der Waals surface area contributed by atoms with Crippen LogP contribution in [0, 0.1) is 6.92 Å². The summed E-state index contributed by atoms with van der Waals surface area (Å²) in [4.78, 5) is 16.7. The number of thiazole rings is 1. The van der Waals surface area contributed by atoms with E-state index in [1.54, 1.807) is 0 Å². The van der Waals surface area contributed by atoms with Crippen LogP contribution in [0.5, 0.6) is 0 Å². The van der Waals surface area contributed by atoms with Crippen molar-refractivity contribution in [3.63, 3.8) is 0 Å². The zero-order chi connectivity index (χ0) is 9.84. The minimum absolute atomic E-state index is 0.122. The van der Waals surface area contributed by atoms with Crippen LogP contribution in [0.4, 0.5) is 0 Å². The van der Waals surface area contributed by atoms with E-state index in [4.69, 9.17) is 5.73 Å². The number of carbonyl (C=O) groups is 1. The third-order valence-electron chi connectivity index (χ3n) is 1.82. The van der Waals surface area contributed by atoms with Crippen molar-refractivity contribution in [3.8, 4) is 0 Å². The average Bonchev–Trinajstić information content (AvgIpc) is 2.47. The number of carbonyl (C=O) groups excluding carboxylic acids is 1. The van der Waals surface area contributed by atoms with Crippen molar-refractivity contribution in [3.05, 3.63) is 15.6 Å². The molecule has 0 saturated heterocycles. The maximum Gasteiger partial charge on any atom is 0.191 e. The van der Waals surface area contributed by atoms with E-state index in [2.05, 4.69) is 4.98 Å². The second kappa shape index (κ2) is 4.48. The fraction of sp³-hybridized carbons (Fsp3) is 0.556. The van der Waals surface area contributed by atoms with E-state index in [-0.39, 0.29) is 5.78 Å². The maximum absolute atomic E-state index is 11.3. The van der Waals surface area contributed by atoms with Crippen LogP contribution in [0.15, 0.2) is 0 Å². The normalized spacial score (nSPS) is 10.4. The first-order valence-corrected chi connectivity index (χ1v) is 5.20. The molecule has 0 bridgehead atoms. The Balaban J connectivity index is 2.88. The van der Waals surface area contributed by atoms with Crippen molar-refractivity contribution in [2.75, 3.05) is 6.54 Å². The van der Waals surface area contributed by atoms with E-state index in [9.17, 15) is 4.79 Å². The quantitative estimate of drug-likeness (QED) is 0.747. The molecule has 0 saturated carbocycles.